The highest BCUT2D eigenvalue weighted by Crippen LogP contribution is 2.33. The Kier molecular flexibility index (Phi) is 4.07. The van der Waals surface area contributed by atoms with E-state index in [0.29, 0.717) is 19.6 Å². The first-order chi connectivity index (χ1) is 8.70. The maximum atomic E-state index is 11.7. The smallest absolute Gasteiger partial charge is 0.224 e. The van der Waals surface area contributed by atoms with E-state index < -0.39 is 0 Å². The number of fused-ring (bicyclic) bond motifs is 1. The number of hydrogen-bond acceptors (Lipinski definition) is 3. The molecule has 0 spiro atoms. The summed E-state index contributed by atoms with van der Waals surface area (Å²) in [5.74, 6) is 1.57. The van der Waals surface area contributed by atoms with E-state index in [4.69, 9.17) is 9.47 Å². The average Bonchev–Trinajstić information content (AvgIpc) is 2.37. The zero-order valence-corrected chi connectivity index (χ0v) is 10.9. The fraction of sp³-hybridized carbons (Fsp3) is 0.500. The van der Waals surface area contributed by atoms with Crippen molar-refractivity contribution < 1.29 is 14.3 Å². The SMILES string of the molecule is CCCNC(=O)Cc1cc2c(cc1C)OCCO2. The van der Waals surface area contributed by atoms with Gasteiger partial charge in [-0.3, -0.25) is 4.79 Å². The summed E-state index contributed by atoms with van der Waals surface area (Å²) in [6.07, 6.45) is 1.34. The number of hydrogen-bond donors (Lipinski definition) is 1. The molecule has 1 amide bonds. The fourth-order valence-corrected chi connectivity index (χ4v) is 1.92. The van der Waals surface area contributed by atoms with Crippen LogP contribution in [-0.2, 0) is 11.2 Å². The highest BCUT2D eigenvalue weighted by atomic mass is 16.6. The number of carbonyl (C=O) groups excluding carboxylic acids is 1. The van der Waals surface area contributed by atoms with Crippen molar-refractivity contribution in [3.63, 3.8) is 0 Å². The summed E-state index contributed by atoms with van der Waals surface area (Å²) in [6.45, 7) is 5.90. The fourth-order valence-electron chi connectivity index (χ4n) is 1.92. The molecule has 0 radical (unpaired) electrons. The lowest BCUT2D eigenvalue weighted by Gasteiger charge is -2.20. The van der Waals surface area contributed by atoms with E-state index in [9.17, 15) is 4.79 Å². The highest BCUT2D eigenvalue weighted by molar-refractivity contribution is 5.79. The van der Waals surface area contributed by atoms with E-state index in [-0.39, 0.29) is 5.91 Å². The molecule has 0 aliphatic carbocycles. The van der Waals surface area contributed by atoms with Gasteiger partial charge in [0.2, 0.25) is 5.91 Å². The minimum atomic E-state index is 0.0524. The van der Waals surface area contributed by atoms with Gasteiger partial charge in [0.1, 0.15) is 13.2 Å². The van der Waals surface area contributed by atoms with Gasteiger partial charge in [0, 0.05) is 6.54 Å². The Balaban J connectivity index is 2.10. The minimum absolute atomic E-state index is 0.0524. The van der Waals surface area contributed by atoms with E-state index in [1.165, 1.54) is 0 Å². The van der Waals surface area contributed by atoms with Crippen molar-refractivity contribution >= 4 is 5.91 Å². The Morgan fingerprint density at radius 3 is 2.61 bits per heavy atom. The summed E-state index contributed by atoms with van der Waals surface area (Å²) >= 11 is 0. The van der Waals surface area contributed by atoms with Crippen LogP contribution in [0.25, 0.3) is 0 Å². The molecule has 1 heterocycles. The molecule has 0 atom stereocenters. The molecule has 1 N–H and O–H groups in total. The van der Waals surface area contributed by atoms with Crippen LogP contribution < -0.4 is 14.8 Å². The van der Waals surface area contributed by atoms with Crippen LogP contribution in [0.5, 0.6) is 11.5 Å². The number of aryl methyl sites for hydroxylation is 1. The Bertz CT molecular complexity index is 443. The van der Waals surface area contributed by atoms with E-state index in [0.717, 1.165) is 35.6 Å². The maximum Gasteiger partial charge on any atom is 0.224 e. The summed E-state index contributed by atoms with van der Waals surface area (Å²) in [5.41, 5.74) is 2.05. The molecule has 0 saturated carbocycles. The molecule has 1 aromatic rings. The van der Waals surface area contributed by atoms with Crippen LogP contribution in [0.3, 0.4) is 0 Å². The monoisotopic (exact) mass is 249 g/mol. The van der Waals surface area contributed by atoms with Crippen molar-refractivity contribution in [2.75, 3.05) is 19.8 Å². The topological polar surface area (TPSA) is 47.6 Å². The van der Waals surface area contributed by atoms with E-state index >= 15 is 0 Å². The molecule has 4 heteroatoms. The van der Waals surface area contributed by atoms with Crippen molar-refractivity contribution in [1.29, 1.82) is 0 Å². The van der Waals surface area contributed by atoms with Crippen LogP contribution in [0, 0.1) is 6.92 Å². The lowest BCUT2D eigenvalue weighted by Crippen LogP contribution is -2.26. The first-order valence-electron chi connectivity index (χ1n) is 6.36. The van der Waals surface area contributed by atoms with Gasteiger partial charge in [0.05, 0.1) is 6.42 Å². The van der Waals surface area contributed by atoms with Gasteiger partial charge in [-0.25, -0.2) is 0 Å². The van der Waals surface area contributed by atoms with E-state index in [2.05, 4.69) is 5.32 Å². The summed E-state index contributed by atoms with van der Waals surface area (Å²) < 4.78 is 11.0. The zero-order chi connectivity index (χ0) is 13.0. The van der Waals surface area contributed by atoms with Crippen LogP contribution in [-0.4, -0.2) is 25.7 Å². The highest BCUT2D eigenvalue weighted by Gasteiger charge is 2.15. The van der Waals surface area contributed by atoms with Gasteiger partial charge in [-0.05, 0) is 36.6 Å². The third-order valence-corrected chi connectivity index (χ3v) is 2.92. The molecule has 0 fully saturated rings. The van der Waals surface area contributed by atoms with E-state index in [1.54, 1.807) is 0 Å². The second-order valence-electron chi connectivity index (χ2n) is 4.45. The van der Waals surface area contributed by atoms with Crippen LogP contribution in [0.2, 0.25) is 0 Å². The molecular formula is C14H19NO3. The molecule has 1 aliphatic rings. The lowest BCUT2D eigenvalue weighted by molar-refractivity contribution is -0.120. The lowest BCUT2D eigenvalue weighted by atomic mass is 10.0. The average molecular weight is 249 g/mol. The van der Waals surface area contributed by atoms with Gasteiger partial charge < -0.3 is 14.8 Å². The molecule has 18 heavy (non-hydrogen) atoms. The number of carbonyl (C=O) groups is 1. The molecule has 0 bridgehead atoms. The number of benzene rings is 1. The summed E-state index contributed by atoms with van der Waals surface area (Å²) in [6, 6.07) is 3.85. The van der Waals surface area contributed by atoms with Crippen LogP contribution in [0.15, 0.2) is 12.1 Å². The number of ether oxygens (including phenoxy) is 2. The first kappa shape index (κ1) is 12.7. The summed E-state index contributed by atoms with van der Waals surface area (Å²) in [7, 11) is 0. The normalized spacial score (nSPS) is 13.2. The van der Waals surface area contributed by atoms with Gasteiger partial charge in [-0.2, -0.15) is 0 Å². The molecule has 0 unspecified atom stereocenters. The Morgan fingerprint density at radius 2 is 1.94 bits per heavy atom. The Labute approximate surface area is 107 Å². The van der Waals surface area contributed by atoms with Crippen LogP contribution >= 0.6 is 0 Å². The van der Waals surface area contributed by atoms with Gasteiger partial charge in [-0.1, -0.05) is 6.92 Å². The quantitative estimate of drug-likeness (QED) is 0.885. The van der Waals surface area contributed by atoms with Gasteiger partial charge in [-0.15, -0.1) is 0 Å². The molecule has 1 aliphatic heterocycles. The van der Waals surface area contributed by atoms with E-state index in [1.807, 2.05) is 26.0 Å². The van der Waals surface area contributed by atoms with Gasteiger partial charge in [0.15, 0.2) is 11.5 Å². The van der Waals surface area contributed by atoms with Gasteiger partial charge >= 0.3 is 0 Å². The van der Waals surface area contributed by atoms with Crippen molar-refractivity contribution in [3.05, 3.63) is 23.3 Å². The largest absolute Gasteiger partial charge is 0.486 e. The van der Waals surface area contributed by atoms with Crippen molar-refractivity contribution in [1.82, 2.24) is 5.32 Å². The van der Waals surface area contributed by atoms with Crippen molar-refractivity contribution in [2.45, 2.75) is 26.7 Å². The van der Waals surface area contributed by atoms with Crippen molar-refractivity contribution in [3.8, 4) is 11.5 Å². The number of nitrogens with one attached hydrogen (secondary N) is 1. The molecule has 0 aromatic heterocycles. The predicted molar refractivity (Wildman–Crippen MR) is 69.2 cm³/mol. The summed E-state index contributed by atoms with van der Waals surface area (Å²) in [5, 5.41) is 2.88. The Morgan fingerprint density at radius 1 is 1.28 bits per heavy atom. The summed E-state index contributed by atoms with van der Waals surface area (Å²) in [4.78, 5) is 11.7. The second-order valence-corrected chi connectivity index (χ2v) is 4.45. The first-order valence-corrected chi connectivity index (χ1v) is 6.36. The predicted octanol–water partition coefficient (Wildman–Crippen LogP) is 1.83. The molecule has 2 rings (SSSR count). The zero-order valence-electron chi connectivity index (χ0n) is 10.9. The van der Waals surface area contributed by atoms with Gasteiger partial charge in [0.25, 0.3) is 0 Å². The molecular weight excluding hydrogens is 230 g/mol. The Hall–Kier alpha value is -1.71. The van der Waals surface area contributed by atoms with Crippen LogP contribution in [0.4, 0.5) is 0 Å². The molecule has 1 aromatic carbocycles. The third-order valence-electron chi connectivity index (χ3n) is 2.92. The standard InChI is InChI=1S/C14H19NO3/c1-3-4-15-14(16)9-11-8-13-12(7-10(11)2)17-5-6-18-13/h7-8H,3-6,9H2,1-2H3,(H,15,16). The number of amides is 1. The van der Waals surface area contributed by atoms with Crippen LogP contribution in [0.1, 0.15) is 24.5 Å². The minimum Gasteiger partial charge on any atom is -0.486 e. The molecule has 98 valence electrons. The number of rotatable bonds is 4. The maximum absolute atomic E-state index is 11.7. The molecule has 0 saturated heterocycles. The second kappa shape index (κ2) is 5.76. The van der Waals surface area contributed by atoms with Crippen molar-refractivity contribution in [2.24, 2.45) is 0 Å². The third kappa shape index (κ3) is 2.94. The molecule has 4 nitrogen and oxygen atoms in total.